The maximum atomic E-state index is 11.8. The number of phenolic OH excluding ortho intramolecular Hbond substituents is 1. The molecule has 0 heterocycles. The Hall–Kier alpha value is -2.87. The molecule has 3 rings (SSSR count). The summed E-state index contributed by atoms with van der Waals surface area (Å²) in [7, 11) is 0. The Bertz CT molecular complexity index is 941. The summed E-state index contributed by atoms with van der Waals surface area (Å²) in [6.07, 6.45) is 1.51. The molecular weight excluding hydrogens is 455 g/mol. The van der Waals surface area contributed by atoms with Crippen LogP contribution in [0.4, 0.5) is 0 Å². The Morgan fingerprint density at radius 2 is 1.74 bits per heavy atom. The normalized spacial score (nSPS) is 10.7. The Morgan fingerprint density at radius 1 is 1.04 bits per heavy atom. The lowest BCUT2D eigenvalue weighted by atomic mass is 10.1. The molecule has 0 radical (unpaired) electrons. The molecule has 2 N–H and O–H groups in total. The number of nitrogens with one attached hydrogen (secondary N) is 1. The zero-order valence-corrected chi connectivity index (χ0v) is 16.5. The topological polar surface area (TPSA) is 70.9 Å². The second kappa shape index (κ2) is 9.18. The van der Waals surface area contributed by atoms with Crippen molar-refractivity contribution >= 4 is 34.7 Å². The van der Waals surface area contributed by atoms with Gasteiger partial charge in [0.2, 0.25) is 0 Å². The minimum atomic E-state index is -0.355. The molecular formula is C21H17IN2O3. The summed E-state index contributed by atoms with van der Waals surface area (Å²) in [4.78, 5) is 11.8. The first-order valence-electron chi connectivity index (χ1n) is 8.20. The van der Waals surface area contributed by atoms with Gasteiger partial charge in [-0.1, -0.05) is 42.5 Å². The number of phenols is 1. The number of aromatic hydroxyl groups is 1. The molecule has 6 heteroatoms. The van der Waals surface area contributed by atoms with Gasteiger partial charge in [-0.05, 0) is 69.6 Å². The van der Waals surface area contributed by atoms with Gasteiger partial charge < -0.3 is 9.84 Å². The Kier molecular flexibility index (Phi) is 6.43. The largest absolute Gasteiger partial charge is 0.507 e. The summed E-state index contributed by atoms with van der Waals surface area (Å²) < 4.78 is 6.19. The number of rotatable bonds is 6. The Balaban J connectivity index is 1.49. The van der Waals surface area contributed by atoms with Crippen LogP contribution in [-0.4, -0.2) is 23.8 Å². The molecule has 0 aliphatic carbocycles. The molecule has 27 heavy (non-hydrogen) atoms. The van der Waals surface area contributed by atoms with Crippen LogP contribution < -0.4 is 10.2 Å². The molecule has 3 aromatic carbocycles. The van der Waals surface area contributed by atoms with Gasteiger partial charge in [-0.25, -0.2) is 5.43 Å². The molecule has 0 aliphatic rings. The third-order valence-corrected chi connectivity index (χ3v) is 4.57. The van der Waals surface area contributed by atoms with Crippen molar-refractivity contribution in [1.82, 2.24) is 5.43 Å². The number of hydrogen-bond acceptors (Lipinski definition) is 4. The fraction of sp³-hybridized carbons (Fsp3) is 0.0476. The standard InChI is InChI=1S/C21H17IN2O3/c22-19-12-15(6-11-20(19)25)13-23-24-21(26)14-27-18-9-7-17(8-10-18)16-4-2-1-3-5-16/h1-13,25H,14H2,(H,24,26)/b23-13-. The van der Waals surface area contributed by atoms with Crippen molar-refractivity contribution in [2.75, 3.05) is 6.61 Å². The predicted molar refractivity (Wildman–Crippen MR) is 114 cm³/mol. The molecule has 0 unspecified atom stereocenters. The van der Waals surface area contributed by atoms with Gasteiger partial charge in [0.05, 0.1) is 9.78 Å². The van der Waals surface area contributed by atoms with Crippen LogP contribution in [0, 0.1) is 3.57 Å². The number of carbonyl (C=O) groups is 1. The summed E-state index contributed by atoms with van der Waals surface area (Å²) in [5.74, 6) is 0.470. The van der Waals surface area contributed by atoms with Crippen molar-refractivity contribution in [2.24, 2.45) is 5.10 Å². The van der Waals surface area contributed by atoms with Crippen molar-refractivity contribution < 1.29 is 14.6 Å². The van der Waals surface area contributed by atoms with Gasteiger partial charge in [0.25, 0.3) is 5.91 Å². The summed E-state index contributed by atoms with van der Waals surface area (Å²) in [5, 5.41) is 13.4. The summed E-state index contributed by atoms with van der Waals surface area (Å²) >= 11 is 2.02. The number of amides is 1. The molecule has 5 nitrogen and oxygen atoms in total. The molecule has 1 amide bonds. The van der Waals surface area contributed by atoms with Gasteiger partial charge in [0.1, 0.15) is 11.5 Å². The number of carbonyl (C=O) groups excluding carboxylic acids is 1. The highest BCUT2D eigenvalue weighted by atomic mass is 127. The van der Waals surface area contributed by atoms with E-state index in [1.54, 1.807) is 18.2 Å². The van der Waals surface area contributed by atoms with E-state index in [9.17, 15) is 9.90 Å². The molecule has 136 valence electrons. The highest BCUT2D eigenvalue weighted by Gasteiger charge is 2.03. The van der Waals surface area contributed by atoms with Crippen molar-refractivity contribution in [3.8, 4) is 22.6 Å². The van der Waals surface area contributed by atoms with E-state index in [1.807, 2.05) is 77.2 Å². The second-order valence-electron chi connectivity index (χ2n) is 5.68. The molecule has 0 saturated carbocycles. The lowest BCUT2D eigenvalue weighted by molar-refractivity contribution is -0.123. The lowest BCUT2D eigenvalue weighted by Gasteiger charge is -2.06. The average molecular weight is 472 g/mol. The fourth-order valence-corrected chi connectivity index (χ4v) is 2.88. The molecule has 0 atom stereocenters. The SMILES string of the molecule is O=C(COc1ccc(-c2ccccc2)cc1)N/N=C\c1ccc(O)c(I)c1. The quantitative estimate of drug-likeness (QED) is 0.321. The van der Waals surface area contributed by atoms with Gasteiger partial charge in [0, 0.05) is 0 Å². The molecule has 0 saturated heterocycles. The number of halogens is 1. The van der Waals surface area contributed by atoms with Crippen LogP contribution in [-0.2, 0) is 4.79 Å². The van der Waals surface area contributed by atoms with Crippen molar-refractivity contribution in [1.29, 1.82) is 0 Å². The van der Waals surface area contributed by atoms with E-state index >= 15 is 0 Å². The van der Waals surface area contributed by atoms with Crippen LogP contribution in [0.3, 0.4) is 0 Å². The number of nitrogens with zero attached hydrogens (tertiary/aromatic N) is 1. The summed E-state index contributed by atoms with van der Waals surface area (Å²) in [6, 6.07) is 22.6. The third kappa shape index (κ3) is 5.55. The first-order chi connectivity index (χ1) is 13.1. The van der Waals surface area contributed by atoms with Gasteiger partial charge >= 0.3 is 0 Å². The number of hydrazone groups is 1. The van der Waals surface area contributed by atoms with E-state index in [4.69, 9.17) is 4.74 Å². The van der Waals surface area contributed by atoms with Gasteiger partial charge in [-0.3, -0.25) is 4.79 Å². The molecule has 3 aromatic rings. The van der Waals surface area contributed by atoms with Crippen LogP contribution >= 0.6 is 22.6 Å². The molecule has 0 aromatic heterocycles. The van der Waals surface area contributed by atoms with Crippen LogP contribution in [0.25, 0.3) is 11.1 Å². The highest BCUT2D eigenvalue weighted by molar-refractivity contribution is 14.1. The van der Waals surface area contributed by atoms with Crippen molar-refractivity contribution in [2.45, 2.75) is 0 Å². The van der Waals surface area contributed by atoms with E-state index in [2.05, 4.69) is 10.5 Å². The zero-order valence-electron chi connectivity index (χ0n) is 14.3. The monoisotopic (exact) mass is 472 g/mol. The molecule has 0 fully saturated rings. The van der Waals surface area contributed by atoms with Crippen molar-refractivity contribution in [3.63, 3.8) is 0 Å². The Labute approximate surface area is 170 Å². The maximum Gasteiger partial charge on any atom is 0.277 e. The van der Waals surface area contributed by atoms with E-state index in [0.29, 0.717) is 9.32 Å². The van der Waals surface area contributed by atoms with Crippen LogP contribution in [0.1, 0.15) is 5.56 Å². The van der Waals surface area contributed by atoms with Crippen molar-refractivity contribution in [3.05, 3.63) is 81.9 Å². The Morgan fingerprint density at radius 3 is 2.44 bits per heavy atom. The second-order valence-corrected chi connectivity index (χ2v) is 6.85. The summed E-state index contributed by atoms with van der Waals surface area (Å²) in [6.45, 7) is -0.130. The van der Waals surface area contributed by atoms with E-state index < -0.39 is 0 Å². The van der Waals surface area contributed by atoms with Crippen LogP contribution in [0.15, 0.2) is 77.9 Å². The van der Waals surface area contributed by atoms with Gasteiger partial charge in [0.15, 0.2) is 6.61 Å². The van der Waals surface area contributed by atoms with E-state index in [-0.39, 0.29) is 18.3 Å². The van der Waals surface area contributed by atoms with Crippen LogP contribution in [0.2, 0.25) is 0 Å². The lowest BCUT2D eigenvalue weighted by Crippen LogP contribution is -2.24. The smallest absolute Gasteiger partial charge is 0.277 e. The van der Waals surface area contributed by atoms with Gasteiger partial charge in [-0.15, -0.1) is 0 Å². The number of ether oxygens (including phenoxy) is 1. The fourth-order valence-electron chi connectivity index (χ4n) is 2.34. The number of benzene rings is 3. The minimum Gasteiger partial charge on any atom is -0.507 e. The first-order valence-corrected chi connectivity index (χ1v) is 9.28. The maximum absolute atomic E-state index is 11.8. The van der Waals surface area contributed by atoms with Crippen LogP contribution in [0.5, 0.6) is 11.5 Å². The molecule has 0 bridgehead atoms. The third-order valence-electron chi connectivity index (χ3n) is 3.71. The first kappa shape index (κ1) is 18.9. The van der Waals surface area contributed by atoms with Gasteiger partial charge in [-0.2, -0.15) is 5.10 Å². The van der Waals surface area contributed by atoms with E-state index in [0.717, 1.165) is 16.7 Å². The molecule has 0 aliphatic heterocycles. The predicted octanol–water partition coefficient (Wildman–Crippen LogP) is 4.19. The number of hydrogen-bond donors (Lipinski definition) is 2. The average Bonchev–Trinajstić information content (AvgIpc) is 2.70. The van der Waals surface area contributed by atoms with E-state index in [1.165, 1.54) is 6.21 Å². The highest BCUT2D eigenvalue weighted by Crippen LogP contribution is 2.22. The summed E-state index contributed by atoms with van der Waals surface area (Å²) in [5.41, 5.74) is 5.40. The zero-order chi connectivity index (χ0) is 19.1. The minimum absolute atomic E-state index is 0.130. The molecule has 0 spiro atoms.